The molecule has 0 saturated heterocycles. The second-order valence-corrected chi connectivity index (χ2v) is 9.33. The molecule has 1 N–H and O–H groups in total. The minimum Gasteiger partial charge on any atom is -0.497 e. The van der Waals surface area contributed by atoms with Gasteiger partial charge in [-0.1, -0.05) is 52.1 Å². The number of ether oxygens (including phenoxy) is 1. The van der Waals surface area contributed by atoms with Crippen LogP contribution in [-0.2, 0) is 10.5 Å². The first-order valence-electron chi connectivity index (χ1n) is 8.03. The van der Waals surface area contributed by atoms with Gasteiger partial charge in [0, 0.05) is 11.8 Å². The number of thioether (sulfide) groups is 2. The highest BCUT2D eigenvalue weighted by Crippen LogP contribution is 2.33. The molecule has 2 aromatic heterocycles. The fourth-order valence-electron chi connectivity index (χ4n) is 2.03. The molecule has 0 aliphatic carbocycles. The number of carbonyl (C=O) groups excluding carboxylic acids is 1. The average molecular weight is 423 g/mol. The van der Waals surface area contributed by atoms with E-state index in [2.05, 4.69) is 20.7 Å². The van der Waals surface area contributed by atoms with Crippen LogP contribution in [0.1, 0.15) is 18.2 Å². The molecule has 0 aliphatic rings. The van der Waals surface area contributed by atoms with Gasteiger partial charge in [-0.25, -0.2) is 0 Å². The molecule has 0 fully saturated rings. The Hall–Kier alpha value is -2.04. The van der Waals surface area contributed by atoms with Crippen LogP contribution in [0.25, 0.3) is 0 Å². The highest BCUT2D eigenvalue weighted by molar-refractivity contribution is 8.03. The van der Waals surface area contributed by atoms with Crippen LogP contribution in [0.2, 0.25) is 0 Å². The van der Waals surface area contributed by atoms with Gasteiger partial charge >= 0.3 is 0 Å². The van der Waals surface area contributed by atoms with Crippen LogP contribution in [-0.4, -0.2) is 33.6 Å². The molecular formula is C17H18N4O3S3. The summed E-state index contributed by atoms with van der Waals surface area (Å²) >= 11 is 4.47. The zero-order valence-corrected chi connectivity index (χ0v) is 17.4. The van der Waals surface area contributed by atoms with Crippen molar-refractivity contribution >= 4 is 46.6 Å². The van der Waals surface area contributed by atoms with Gasteiger partial charge in [-0.3, -0.25) is 4.79 Å². The third-order valence-corrected chi connectivity index (χ3v) is 6.75. The molecule has 142 valence electrons. The summed E-state index contributed by atoms with van der Waals surface area (Å²) in [4.78, 5) is 12.2. The topological polar surface area (TPSA) is 90.1 Å². The molecule has 2 heterocycles. The second-order valence-electron chi connectivity index (χ2n) is 5.54. The molecular weight excluding hydrogens is 404 g/mol. The molecule has 0 bridgehead atoms. The highest BCUT2D eigenvalue weighted by Gasteiger charge is 2.18. The van der Waals surface area contributed by atoms with Gasteiger partial charge < -0.3 is 14.6 Å². The number of methoxy groups -OCH3 is 1. The lowest BCUT2D eigenvalue weighted by molar-refractivity contribution is -0.115. The summed E-state index contributed by atoms with van der Waals surface area (Å²) in [5.41, 5.74) is 1.18. The first kappa shape index (κ1) is 19.7. The molecule has 1 unspecified atom stereocenters. The van der Waals surface area contributed by atoms with E-state index in [0.29, 0.717) is 11.6 Å². The van der Waals surface area contributed by atoms with Crippen molar-refractivity contribution < 1.29 is 14.1 Å². The minimum absolute atomic E-state index is 0.157. The number of hydrogen-bond donors (Lipinski definition) is 1. The van der Waals surface area contributed by atoms with Gasteiger partial charge in [0.25, 0.3) is 0 Å². The van der Waals surface area contributed by atoms with Crippen molar-refractivity contribution in [2.45, 2.75) is 33.5 Å². The monoisotopic (exact) mass is 422 g/mol. The van der Waals surface area contributed by atoms with Crippen molar-refractivity contribution in [1.29, 1.82) is 0 Å². The third-order valence-electron chi connectivity index (χ3n) is 3.44. The molecule has 0 saturated carbocycles. The standard InChI is InChI=1S/C17H18N4O3S3/c1-10-8-14(21-24-10)18-15(22)11(2)26-17-20-19-16(27-17)25-9-12-4-6-13(23-3)7-5-12/h4-8,11H,9H2,1-3H3,(H,18,21,22). The lowest BCUT2D eigenvalue weighted by Gasteiger charge is -2.07. The molecule has 0 radical (unpaired) electrons. The Bertz CT molecular complexity index is 895. The second kappa shape index (κ2) is 9.25. The number of aromatic nitrogens is 3. The summed E-state index contributed by atoms with van der Waals surface area (Å²) in [5, 5.41) is 14.5. The Morgan fingerprint density at radius 2 is 2.04 bits per heavy atom. The predicted molar refractivity (Wildman–Crippen MR) is 108 cm³/mol. The van der Waals surface area contributed by atoms with Crippen LogP contribution in [0.3, 0.4) is 0 Å². The van der Waals surface area contributed by atoms with Crippen LogP contribution in [0.15, 0.2) is 43.5 Å². The fraction of sp³-hybridized carbons (Fsp3) is 0.294. The van der Waals surface area contributed by atoms with Gasteiger partial charge in [0.05, 0.1) is 12.4 Å². The minimum atomic E-state index is -0.325. The lowest BCUT2D eigenvalue weighted by atomic mass is 10.2. The number of carbonyl (C=O) groups is 1. The number of benzene rings is 1. The molecule has 1 amide bonds. The van der Waals surface area contributed by atoms with Gasteiger partial charge in [0.1, 0.15) is 11.5 Å². The Morgan fingerprint density at radius 1 is 1.30 bits per heavy atom. The van der Waals surface area contributed by atoms with Gasteiger partial charge in [0.15, 0.2) is 14.5 Å². The van der Waals surface area contributed by atoms with Gasteiger partial charge in [0.2, 0.25) is 5.91 Å². The molecule has 10 heteroatoms. The average Bonchev–Trinajstić information content (AvgIpc) is 3.29. The Morgan fingerprint density at radius 3 is 2.70 bits per heavy atom. The van der Waals surface area contributed by atoms with Crippen molar-refractivity contribution in [3.63, 3.8) is 0 Å². The molecule has 1 atom stereocenters. The van der Waals surface area contributed by atoms with Crippen LogP contribution in [0.5, 0.6) is 5.75 Å². The van der Waals surface area contributed by atoms with Gasteiger partial charge in [-0.2, -0.15) is 0 Å². The first-order valence-corrected chi connectivity index (χ1v) is 10.7. The van der Waals surface area contributed by atoms with E-state index in [4.69, 9.17) is 9.26 Å². The number of hydrogen-bond acceptors (Lipinski definition) is 9. The molecule has 3 rings (SSSR count). The van der Waals surface area contributed by atoms with Gasteiger partial charge in [-0.05, 0) is 31.5 Å². The zero-order valence-electron chi connectivity index (χ0n) is 15.0. The molecule has 1 aromatic carbocycles. The number of aryl methyl sites for hydroxylation is 1. The SMILES string of the molecule is COc1ccc(CSc2nnc(SC(C)C(=O)Nc3cc(C)on3)s2)cc1. The van der Waals surface area contributed by atoms with Crippen LogP contribution < -0.4 is 10.1 Å². The van der Waals surface area contributed by atoms with Crippen molar-refractivity contribution in [3.05, 3.63) is 41.7 Å². The summed E-state index contributed by atoms with van der Waals surface area (Å²) in [6.07, 6.45) is 0. The molecule has 7 nitrogen and oxygen atoms in total. The maximum Gasteiger partial charge on any atom is 0.238 e. The zero-order chi connectivity index (χ0) is 19.2. The van der Waals surface area contributed by atoms with E-state index < -0.39 is 0 Å². The summed E-state index contributed by atoms with van der Waals surface area (Å²) in [6.45, 7) is 3.59. The van der Waals surface area contributed by atoms with E-state index in [-0.39, 0.29) is 11.2 Å². The fourth-order valence-corrected chi connectivity index (χ4v) is 5.15. The quantitative estimate of drug-likeness (QED) is 0.539. The molecule has 0 spiro atoms. The number of rotatable bonds is 8. The number of amides is 1. The van der Waals surface area contributed by atoms with Crippen molar-refractivity contribution in [2.24, 2.45) is 0 Å². The van der Waals surface area contributed by atoms with Crippen molar-refractivity contribution in [3.8, 4) is 5.75 Å². The summed E-state index contributed by atoms with van der Waals surface area (Å²) < 4.78 is 11.7. The Balaban J connectivity index is 1.49. The third kappa shape index (κ3) is 5.72. The number of nitrogens with one attached hydrogen (secondary N) is 1. The Kier molecular flexibility index (Phi) is 6.75. The molecule has 27 heavy (non-hydrogen) atoms. The summed E-state index contributed by atoms with van der Waals surface area (Å²) in [5.74, 6) is 2.54. The maximum absolute atomic E-state index is 12.2. The normalized spacial score (nSPS) is 12.0. The highest BCUT2D eigenvalue weighted by atomic mass is 32.2. The van der Waals surface area contributed by atoms with Crippen molar-refractivity contribution in [2.75, 3.05) is 12.4 Å². The smallest absolute Gasteiger partial charge is 0.238 e. The van der Waals surface area contributed by atoms with E-state index >= 15 is 0 Å². The Labute approximate surface area is 169 Å². The van der Waals surface area contributed by atoms with Crippen LogP contribution in [0.4, 0.5) is 5.82 Å². The summed E-state index contributed by atoms with van der Waals surface area (Å²) in [7, 11) is 1.65. The number of anilines is 1. The number of nitrogens with zero attached hydrogens (tertiary/aromatic N) is 3. The largest absolute Gasteiger partial charge is 0.497 e. The lowest BCUT2D eigenvalue weighted by Crippen LogP contribution is -2.22. The predicted octanol–water partition coefficient (Wildman–Crippen LogP) is 4.25. The molecule has 3 aromatic rings. The van der Waals surface area contributed by atoms with Crippen LogP contribution in [0, 0.1) is 6.92 Å². The van der Waals surface area contributed by atoms with Gasteiger partial charge in [-0.15, -0.1) is 10.2 Å². The maximum atomic E-state index is 12.2. The van der Waals surface area contributed by atoms with E-state index in [1.807, 2.05) is 31.2 Å². The summed E-state index contributed by atoms with van der Waals surface area (Å²) in [6, 6.07) is 9.61. The van der Waals surface area contributed by atoms with E-state index in [9.17, 15) is 4.79 Å². The first-order chi connectivity index (χ1) is 13.0. The molecule has 0 aliphatic heterocycles. The van der Waals surface area contributed by atoms with E-state index in [1.165, 1.54) is 28.7 Å². The van der Waals surface area contributed by atoms with E-state index in [1.54, 1.807) is 31.9 Å². The van der Waals surface area contributed by atoms with Crippen LogP contribution >= 0.6 is 34.9 Å². The van der Waals surface area contributed by atoms with Crippen molar-refractivity contribution in [1.82, 2.24) is 15.4 Å². The van der Waals surface area contributed by atoms with E-state index in [0.717, 1.165) is 20.2 Å².